The number of fused-ring (bicyclic) bond motifs is 7. The third-order valence-corrected chi connectivity index (χ3v) is 10.3. The van der Waals surface area contributed by atoms with Crippen molar-refractivity contribution in [1.82, 2.24) is 28.9 Å². The van der Waals surface area contributed by atoms with Crippen molar-refractivity contribution in [1.29, 1.82) is 0 Å². The highest BCUT2D eigenvalue weighted by Gasteiger charge is 2.24. The molecule has 11 aromatic rings. The van der Waals surface area contributed by atoms with Gasteiger partial charge in [-0.3, -0.25) is 4.40 Å². The maximum atomic E-state index is 5.38. The molecule has 0 fully saturated rings. The summed E-state index contributed by atoms with van der Waals surface area (Å²) in [5, 5.41) is 4.66. The molecule has 252 valence electrons. The molecule has 0 aliphatic carbocycles. The van der Waals surface area contributed by atoms with E-state index in [9.17, 15) is 0 Å². The summed E-state index contributed by atoms with van der Waals surface area (Å²) in [5.41, 5.74) is 11.2. The molecule has 0 amide bonds. The number of aromatic nitrogens is 6. The van der Waals surface area contributed by atoms with E-state index in [0.717, 1.165) is 66.7 Å². The monoisotopic (exact) mass is 690 g/mol. The molecule has 0 unspecified atom stereocenters. The lowest BCUT2D eigenvalue weighted by Gasteiger charge is -2.13. The summed E-state index contributed by atoms with van der Waals surface area (Å²) in [6.45, 7) is 0. The van der Waals surface area contributed by atoms with Crippen LogP contribution in [0.3, 0.4) is 0 Å². The Labute approximate surface area is 310 Å². The van der Waals surface area contributed by atoms with E-state index in [2.05, 4.69) is 130 Å². The molecule has 7 aromatic carbocycles. The number of nitrogens with zero attached hydrogens (tertiary/aromatic N) is 6. The molecule has 4 heterocycles. The van der Waals surface area contributed by atoms with Gasteiger partial charge in [0.1, 0.15) is 5.65 Å². The molecule has 11 rings (SSSR count). The minimum atomic E-state index is 0.623. The van der Waals surface area contributed by atoms with Crippen LogP contribution >= 0.6 is 0 Å². The second kappa shape index (κ2) is 12.1. The molecule has 0 N–H and O–H groups in total. The third kappa shape index (κ3) is 4.67. The summed E-state index contributed by atoms with van der Waals surface area (Å²) in [4.78, 5) is 20.3. The van der Waals surface area contributed by atoms with Gasteiger partial charge in [-0.15, -0.1) is 0 Å². The fourth-order valence-electron chi connectivity index (χ4n) is 7.95. The molecule has 0 saturated carbocycles. The molecule has 0 aliphatic rings. The first kappa shape index (κ1) is 30.2. The Balaban J connectivity index is 1.19. The molecule has 0 aliphatic heterocycles. The highest BCUT2D eigenvalue weighted by atomic mass is 15.1. The normalized spacial score (nSPS) is 11.7. The fraction of sp³-hybridized carbons (Fsp3) is 0. The molecule has 0 bridgehead atoms. The molecular weight excluding hydrogens is 661 g/mol. The number of benzene rings is 7. The Morgan fingerprint density at radius 2 is 0.833 bits per heavy atom. The van der Waals surface area contributed by atoms with Crippen molar-refractivity contribution >= 4 is 49.3 Å². The van der Waals surface area contributed by atoms with Gasteiger partial charge in [-0.2, -0.15) is 0 Å². The lowest BCUT2D eigenvalue weighted by Crippen LogP contribution is -2.01. The first-order valence-corrected chi connectivity index (χ1v) is 18.1. The smallest absolute Gasteiger partial charge is 0.164 e. The van der Waals surface area contributed by atoms with Gasteiger partial charge in [-0.1, -0.05) is 133 Å². The van der Waals surface area contributed by atoms with Crippen LogP contribution in [0.1, 0.15) is 0 Å². The summed E-state index contributed by atoms with van der Waals surface area (Å²) in [6.07, 6.45) is 0. The van der Waals surface area contributed by atoms with Crippen molar-refractivity contribution in [2.24, 2.45) is 0 Å². The summed E-state index contributed by atoms with van der Waals surface area (Å²) < 4.78 is 4.73. The van der Waals surface area contributed by atoms with Crippen LogP contribution < -0.4 is 0 Å². The van der Waals surface area contributed by atoms with Crippen LogP contribution in [0, 0.1) is 0 Å². The molecule has 0 radical (unpaired) electrons. The summed E-state index contributed by atoms with van der Waals surface area (Å²) in [6, 6.07) is 63.2. The van der Waals surface area contributed by atoms with Crippen LogP contribution in [-0.2, 0) is 0 Å². The quantitative estimate of drug-likeness (QED) is 0.180. The average Bonchev–Trinajstić information content (AvgIpc) is 3.77. The largest absolute Gasteiger partial charge is 0.308 e. The molecule has 0 spiro atoms. The summed E-state index contributed by atoms with van der Waals surface area (Å²) in [7, 11) is 0. The molecule has 4 aromatic heterocycles. The van der Waals surface area contributed by atoms with Crippen molar-refractivity contribution in [2.75, 3.05) is 0 Å². The molecule has 0 saturated heterocycles. The maximum Gasteiger partial charge on any atom is 0.164 e. The number of para-hydroxylation sites is 3. The van der Waals surface area contributed by atoms with Crippen molar-refractivity contribution in [3.63, 3.8) is 0 Å². The van der Waals surface area contributed by atoms with Gasteiger partial charge in [-0.05, 0) is 59.5 Å². The second-order valence-corrected chi connectivity index (χ2v) is 13.5. The Morgan fingerprint density at radius 3 is 1.48 bits per heavy atom. The van der Waals surface area contributed by atoms with Gasteiger partial charge in [0, 0.05) is 33.2 Å². The predicted octanol–water partition coefficient (Wildman–Crippen LogP) is 11.6. The van der Waals surface area contributed by atoms with Gasteiger partial charge in [0.05, 0.1) is 33.1 Å². The van der Waals surface area contributed by atoms with Gasteiger partial charge >= 0.3 is 0 Å². The standard InChI is InChI=1S/C48H30N6/c1-4-15-31(16-5-1)44-43-42-37(36-21-10-12-24-39(36)54-40-25-13-11-23-38(40)49-48(43)54)22-14-26-41(42)53(44)35-29-27-34(28-30-35)47-51-45(32-17-6-2-7-18-32)50-46(52-47)33-19-8-3-9-20-33/h1-30H. The van der Waals surface area contributed by atoms with Crippen LogP contribution in [0.15, 0.2) is 182 Å². The van der Waals surface area contributed by atoms with Gasteiger partial charge in [0.15, 0.2) is 17.5 Å². The van der Waals surface area contributed by atoms with E-state index in [1.54, 1.807) is 0 Å². The number of hydrogen-bond donors (Lipinski definition) is 0. The van der Waals surface area contributed by atoms with E-state index in [1.807, 2.05) is 60.7 Å². The summed E-state index contributed by atoms with van der Waals surface area (Å²) >= 11 is 0. The van der Waals surface area contributed by atoms with Crippen LogP contribution in [0.4, 0.5) is 0 Å². The minimum absolute atomic E-state index is 0.623. The van der Waals surface area contributed by atoms with Crippen LogP contribution in [-0.4, -0.2) is 28.9 Å². The summed E-state index contributed by atoms with van der Waals surface area (Å²) in [5.74, 6) is 1.90. The average molecular weight is 691 g/mol. The van der Waals surface area contributed by atoms with Crippen molar-refractivity contribution in [2.45, 2.75) is 0 Å². The zero-order chi connectivity index (χ0) is 35.6. The molecular formula is C48H30N6. The number of imidazole rings is 1. The fourth-order valence-corrected chi connectivity index (χ4v) is 7.95. The first-order chi connectivity index (χ1) is 26.8. The number of rotatable bonds is 5. The Kier molecular flexibility index (Phi) is 6.75. The molecule has 6 heteroatoms. The van der Waals surface area contributed by atoms with Crippen molar-refractivity contribution in [3.05, 3.63) is 182 Å². The van der Waals surface area contributed by atoms with Crippen LogP contribution in [0.2, 0.25) is 0 Å². The topological polar surface area (TPSA) is 60.9 Å². The van der Waals surface area contributed by atoms with Gasteiger partial charge in [-0.25, -0.2) is 19.9 Å². The molecule has 0 atom stereocenters. The van der Waals surface area contributed by atoms with Gasteiger partial charge < -0.3 is 4.57 Å². The molecule has 54 heavy (non-hydrogen) atoms. The third-order valence-electron chi connectivity index (χ3n) is 10.3. The zero-order valence-corrected chi connectivity index (χ0v) is 29.0. The highest BCUT2D eigenvalue weighted by Crippen LogP contribution is 2.44. The number of hydrogen-bond acceptors (Lipinski definition) is 4. The van der Waals surface area contributed by atoms with Crippen LogP contribution in [0.5, 0.6) is 0 Å². The van der Waals surface area contributed by atoms with E-state index in [0.29, 0.717) is 17.5 Å². The Hall–Kier alpha value is -7.44. The van der Waals surface area contributed by atoms with Crippen molar-refractivity contribution < 1.29 is 0 Å². The lowest BCUT2D eigenvalue weighted by molar-refractivity contribution is 1.07. The second-order valence-electron chi connectivity index (χ2n) is 13.5. The van der Waals surface area contributed by atoms with E-state index in [-0.39, 0.29) is 0 Å². The Morgan fingerprint density at radius 1 is 0.333 bits per heavy atom. The SMILES string of the molecule is c1ccc(-c2nc(-c3ccccc3)nc(-c3ccc(-n4c(-c5ccccc5)c5c6c(cccc64)c4ccccc4n4c6ccccc6nc54)cc3)n2)cc1. The molecule has 6 nitrogen and oxygen atoms in total. The zero-order valence-electron chi connectivity index (χ0n) is 29.0. The van der Waals surface area contributed by atoms with Crippen LogP contribution in [0.25, 0.3) is 100 Å². The highest BCUT2D eigenvalue weighted by molar-refractivity contribution is 6.26. The predicted molar refractivity (Wildman–Crippen MR) is 220 cm³/mol. The van der Waals surface area contributed by atoms with E-state index < -0.39 is 0 Å². The van der Waals surface area contributed by atoms with Crippen molar-refractivity contribution in [3.8, 4) is 51.1 Å². The Bertz CT molecular complexity index is 3130. The van der Waals surface area contributed by atoms with Gasteiger partial charge in [0.25, 0.3) is 0 Å². The van der Waals surface area contributed by atoms with E-state index in [1.165, 1.54) is 16.2 Å². The minimum Gasteiger partial charge on any atom is -0.308 e. The van der Waals surface area contributed by atoms with Gasteiger partial charge in [0.2, 0.25) is 0 Å². The maximum absolute atomic E-state index is 5.38. The van der Waals surface area contributed by atoms with E-state index >= 15 is 0 Å². The van der Waals surface area contributed by atoms with E-state index in [4.69, 9.17) is 19.9 Å². The lowest BCUT2D eigenvalue weighted by atomic mass is 10.0. The first-order valence-electron chi connectivity index (χ1n) is 18.1.